The predicted octanol–water partition coefficient (Wildman–Crippen LogP) is 3.41. The Hall–Kier alpha value is -1.74. The topological polar surface area (TPSA) is 31.4 Å². The minimum absolute atomic E-state index is 0.406. The molecule has 3 nitrogen and oxygen atoms in total. The second-order valence-corrected chi connectivity index (χ2v) is 4.00. The van der Waals surface area contributed by atoms with Crippen LogP contribution in [0.15, 0.2) is 42.6 Å². The molecular formula is C14H14ClNO2. The predicted molar refractivity (Wildman–Crippen MR) is 71.1 cm³/mol. The Balaban J connectivity index is 2.12. The first-order chi connectivity index (χ1) is 8.83. The molecule has 0 fully saturated rings. The zero-order valence-electron chi connectivity index (χ0n) is 10.1. The number of methoxy groups -OCH3 is 1. The minimum Gasteiger partial charge on any atom is -0.493 e. The Bertz CT molecular complexity index is 502. The molecule has 4 heteroatoms. The number of rotatable bonds is 5. The van der Waals surface area contributed by atoms with Crippen LogP contribution in [-0.2, 0) is 12.5 Å². The number of aromatic nitrogens is 1. The van der Waals surface area contributed by atoms with Crippen LogP contribution in [0.1, 0.15) is 11.3 Å². The molecule has 0 atom stereocenters. The zero-order valence-corrected chi connectivity index (χ0v) is 10.9. The first-order valence-electron chi connectivity index (χ1n) is 5.59. The number of pyridine rings is 1. The van der Waals surface area contributed by atoms with Crippen molar-refractivity contribution in [2.45, 2.75) is 12.5 Å². The van der Waals surface area contributed by atoms with Gasteiger partial charge in [-0.25, -0.2) is 0 Å². The van der Waals surface area contributed by atoms with Crippen molar-refractivity contribution in [1.82, 2.24) is 4.98 Å². The van der Waals surface area contributed by atoms with Gasteiger partial charge in [-0.05, 0) is 29.8 Å². The van der Waals surface area contributed by atoms with Gasteiger partial charge in [0.25, 0.3) is 0 Å². The van der Waals surface area contributed by atoms with Gasteiger partial charge in [0.05, 0.1) is 12.8 Å². The largest absolute Gasteiger partial charge is 0.493 e. The summed E-state index contributed by atoms with van der Waals surface area (Å²) >= 11 is 5.80. The van der Waals surface area contributed by atoms with Crippen molar-refractivity contribution in [3.8, 4) is 11.5 Å². The summed E-state index contributed by atoms with van der Waals surface area (Å²) in [6.07, 6.45) is 1.74. The fourth-order valence-corrected chi connectivity index (χ4v) is 1.72. The molecule has 0 saturated carbocycles. The molecule has 0 radical (unpaired) electrons. The van der Waals surface area contributed by atoms with E-state index in [4.69, 9.17) is 21.1 Å². The SMILES string of the molecule is COc1ccc(CCl)cc1OCc1ccccn1. The molecule has 1 heterocycles. The molecule has 0 saturated heterocycles. The number of benzene rings is 1. The monoisotopic (exact) mass is 263 g/mol. The summed E-state index contributed by atoms with van der Waals surface area (Å²) < 4.78 is 11.0. The van der Waals surface area contributed by atoms with Gasteiger partial charge < -0.3 is 9.47 Å². The van der Waals surface area contributed by atoms with E-state index in [9.17, 15) is 0 Å². The Kier molecular flexibility index (Phi) is 4.42. The van der Waals surface area contributed by atoms with Gasteiger partial charge in [0.2, 0.25) is 0 Å². The molecule has 0 amide bonds. The number of halogens is 1. The van der Waals surface area contributed by atoms with Crippen molar-refractivity contribution >= 4 is 11.6 Å². The van der Waals surface area contributed by atoms with Gasteiger partial charge in [0, 0.05) is 12.1 Å². The lowest BCUT2D eigenvalue weighted by Crippen LogP contribution is -1.99. The highest BCUT2D eigenvalue weighted by molar-refractivity contribution is 6.17. The number of hydrogen-bond donors (Lipinski definition) is 0. The van der Waals surface area contributed by atoms with Crippen molar-refractivity contribution in [2.24, 2.45) is 0 Å². The van der Waals surface area contributed by atoms with Gasteiger partial charge in [-0.2, -0.15) is 0 Å². The van der Waals surface area contributed by atoms with Crippen LogP contribution in [0.3, 0.4) is 0 Å². The van der Waals surface area contributed by atoms with Crippen LogP contribution < -0.4 is 9.47 Å². The van der Waals surface area contributed by atoms with Crippen LogP contribution in [0.2, 0.25) is 0 Å². The molecule has 2 aromatic rings. The molecule has 18 heavy (non-hydrogen) atoms. The van der Waals surface area contributed by atoms with Crippen molar-refractivity contribution in [3.05, 3.63) is 53.9 Å². The summed E-state index contributed by atoms with van der Waals surface area (Å²) in [6.45, 7) is 0.406. The molecule has 1 aromatic heterocycles. The van der Waals surface area contributed by atoms with Crippen LogP contribution >= 0.6 is 11.6 Å². The standard InChI is InChI=1S/C14H14ClNO2/c1-17-13-6-5-11(9-15)8-14(13)18-10-12-4-2-3-7-16-12/h2-8H,9-10H2,1H3. The summed E-state index contributed by atoms with van der Waals surface area (Å²) in [7, 11) is 1.61. The fraction of sp³-hybridized carbons (Fsp3) is 0.214. The van der Waals surface area contributed by atoms with Gasteiger partial charge in [-0.15, -0.1) is 11.6 Å². The maximum Gasteiger partial charge on any atom is 0.162 e. The third kappa shape index (κ3) is 3.14. The summed E-state index contributed by atoms with van der Waals surface area (Å²) in [5.74, 6) is 1.82. The first-order valence-corrected chi connectivity index (χ1v) is 6.12. The molecule has 2 rings (SSSR count). The van der Waals surface area contributed by atoms with E-state index in [0.717, 1.165) is 11.3 Å². The van der Waals surface area contributed by atoms with Gasteiger partial charge in [0.1, 0.15) is 6.61 Å². The quantitative estimate of drug-likeness (QED) is 0.775. The number of hydrogen-bond acceptors (Lipinski definition) is 3. The lowest BCUT2D eigenvalue weighted by molar-refractivity contribution is 0.280. The molecule has 94 valence electrons. The van der Waals surface area contributed by atoms with Crippen LogP contribution in [-0.4, -0.2) is 12.1 Å². The summed E-state index contributed by atoms with van der Waals surface area (Å²) in [5, 5.41) is 0. The molecule has 0 bridgehead atoms. The summed E-state index contributed by atoms with van der Waals surface area (Å²) in [6, 6.07) is 11.4. The van der Waals surface area contributed by atoms with E-state index in [2.05, 4.69) is 4.98 Å². The molecular weight excluding hydrogens is 250 g/mol. The van der Waals surface area contributed by atoms with Crippen LogP contribution in [0.25, 0.3) is 0 Å². The highest BCUT2D eigenvalue weighted by Crippen LogP contribution is 2.29. The van der Waals surface area contributed by atoms with E-state index in [-0.39, 0.29) is 0 Å². The Morgan fingerprint density at radius 1 is 1.17 bits per heavy atom. The van der Waals surface area contributed by atoms with Crippen LogP contribution in [0.4, 0.5) is 0 Å². The zero-order chi connectivity index (χ0) is 12.8. The van der Waals surface area contributed by atoms with Gasteiger partial charge in [-0.3, -0.25) is 4.98 Å². The molecule has 1 aromatic carbocycles. The lowest BCUT2D eigenvalue weighted by Gasteiger charge is -2.11. The Labute approximate surface area is 111 Å². The number of alkyl halides is 1. The van der Waals surface area contributed by atoms with E-state index < -0.39 is 0 Å². The summed E-state index contributed by atoms with van der Waals surface area (Å²) in [4.78, 5) is 4.20. The molecule has 0 aliphatic carbocycles. The number of ether oxygens (including phenoxy) is 2. The maximum absolute atomic E-state index is 5.80. The average molecular weight is 264 g/mol. The van der Waals surface area contributed by atoms with Crippen LogP contribution in [0.5, 0.6) is 11.5 Å². The molecule has 0 N–H and O–H groups in total. The highest BCUT2D eigenvalue weighted by Gasteiger charge is 2.06. The fourth-order valence-electron chi connectivity index (χ4n) is 1.55. The number of nitrogens with zero attached hydrogens (tertiary/aromatic N) is 1. The van der Waals surface area contributed by atoms with E-state index in [1.807, 2.05) is 36.4 Å². The van der Waals surface area contributed by atoms with E-state index in [1.54, 1.807) is 13.3 Å². The Morgan fingerprint density at radius 2 is 2.06 bits per heavy atom. The van der Waals surface area contributed by atoms with Crippen LogP contribution in [0, 0.1) is 0 Å². The molecule has 0 aliphatic heterocycles. The maximum atomic E-state index is 5.80. The summed E-state index contributed by atoms with van der Waals surface area (Å²) in [5.41, 5.74) is 1.87. The van der Waals surface area contributed by atoms with Gasteiger partial charge >= 0.3 is 0 Å². The Morgan fingerprint density at radius 3 is 2.72 bits per heavy atom. The third-order valence-electron chi connectivity index (χ3n) is 2.48. The van der Waals surface area contributed by atoms with Crippen molar-refractivity contribution in [3.63, 3.8) is 0 Å². The lowest BCUT2D eigenvalue weighted by atomic mass is 10.2. The van der Waals surface area contributed by atoms with E-state index in [0.29, 0.717) is 24.0 Å². The van der Waals surface area contributed by atoms with Crippen molar-refractivity contribution in [2.75, 3.05) is 7.11 Å². The van der Waals surface area contributed by atoms with Gasteiger partial charge in [0.15, 0.2) is 11.5 Å². The van der Waals surface area contributed by atoms with E-state index in [1.165, 1.54) is 0 Å². The average Bonchev–Trinajstić information content (AvgIpc) is 2.45. The minimum atomic E-state index is 0.406. The molecule has 0 spiro atoms. The van der Waals surface area contributed by atoms with Gasteiger partial charge in [-0.1, -0.05) is 12.1 Å². The smallest absolute Gasteiger partial charge is 0.162 e. The van der Waals surface area contributed by atoms with Crippen molar-refractivity contribution < 1.29 is 9.47 Å². The first kappa shape index (κ1) is 12.7. The normalized spacial score (nSPS) is 10.1. The second-order valence-electron chi connectivity index (χ2n) is 3.73. The highest BCUT2D eigenvalue weighted by atomic mass is 35.5. The molecule has 0 unspecified atom stereocenters. The second kappa shape index (κ2) is 6.26. The third-order valence-corrected chi connectivity index (χ3v) is 2.79. The molecule has 0 aliphatic rings. The van der Waals surface area contributed by atoms with Crippen molar-refractivity contribution in [1.29, 1.82) is 0 Å². The van der Waals surface area contributed by atoms with E-state index >= 15 is 0 Å².